The Hall–Kier alpha value is -1.68. The van der Waals surface area contributed by atoms with Crippen molar-refractivity contribution in [3.05, 3.63) is 42.2 Å². The van der Waals surface area contributed by atoms with Gasteiger partial charge in [0, 0.05) is 17.8 Å². The van der Waals surface area contributed by atoms with Crippen LogP contribution in [-0.2, 0) is 0 Å². The second-order valence-corrected chi connectivity index (χ2v) is 2.88. The Morgan fingerprint density at radius 1 is 1.79 bits per heavy atom. The first kappa shape index (κ1) is 10.4. The molecule has 0 aliphatic heterocycles. The summed E-state index contributed by atoms with van der Waals surface area (Å²) in [5.74, 6) is -1.06. The van der Waals surface area contributed by atoms with Gasteiger partial charge in [-0.1, -0.05) is 12.1 Å². The predicted octanol–water partition coefficient (Wildman–Crippen LogP) is 1.36. The van der Waals surface area contributed by atoms with Crippen LogP contribution in [-0.4, -0.2) is 16.1 Å². The van der Waals surface area contributed by atoms with Crippen LogP contribution in [0.25, 0.3) is 0 Å². The third-order valence-electron chi connectivity index (χ3n) is 1.86. The van der Waals surface area contributed by atoms with Gasteiger partial charge in [0.05, 0.1) is 0 Å². The van der Waals surface area contributed by atoms with Gasteiger partial charge in [0.2, 0.25) is 0 Å². The number of pyridine rings is 1. The highest BCUT2D eigenvalue weighted by Gasteiger charge is 2.15. The van der Waals surface area contributed by atoms with Crippen LogP contribution in [0.5, 0.6) is 0 Å². The molecule has 1 aromatic heterocycles. The van der Waals surface area contributed by atoms with Crippen LogP contribution >= 0.6 is 0 Å². The van der Waals surface area contributed by atoms with Gasteiger partial charge in [-0.2, -0.15) is 0 Å². The number of aromatic carboxylic acids is 1. The fourth-order valence-corrected chi connectivity index (χ4v) is 1.20. The topological polar surface area (TPSA) is 76.2 Å². The van der Waals surface area contributed by atoms with E-state index in [-0.39, 0.29) is 11.7 Å². The Balaban J connectivity index is 3.06. The maximum atomic E-state index is 10.8. The third kappa shape index (κ3) is 2.17. The molecule has 0 aliphatic carbocycles. The van der Waals surface area contributed by atoms with Gasteiger partial charge in [-0.25, -0.2) is 9.78 Å². The molecular formula is C10H12N2O2. The molecule has 0 saturated heterocycles. The van der Waals surface area contributed by atoms with E-state index < -0.39 is 5.97 Å². The Bertz CT molecular complexity index is 350. The molecule has 0 unspecified atom stereocenters. The molecule has 1 rings (SSSR count). The Morgan fingerprint density at radius 2 is 2.50 bits per heavy atom. The van der Waals surface area contributed by atoms with E-state index in [1.165, 1.54) is 6.20 Å². The van der Waals surface area contributed by atoms with Crippen molar-refractivity contribution in [1.82, 2.24) is 4.98 Å². The van der Waals surface area contributed by atoms with Gasteiger partial charge in [0.25, 0.3) is 0 Å². The maximum absolute atomic E-state index is 10.8. The first-order valence-electron chi connectivity index (χ1n) is 4.21. The number of aromatic nitrogens is 1. The molecule has 4 heteroatoms. The molecule has 0 fully saturated rings. The predicted molar refractivity (Wildman–Crippen MR) is 52.9 cm³/mol. The average molecular weight is 192 g/mol. The van der Waals surface area contributed by atoms with Crippen molar-refractivity contribution < 1.29 is 9.90 Å². The van der Waals surface area contributed by atoms with Gasteiger partial charge < -0.3 is 10.8 Å². The number of carbonyl (C=O) groups is 1. The number of rotatable bonds is 4. The molecule has 4 nitrogen and oxygen atoms in total. The van der Waals surface area contributed by atoms with Gasteiger partial charge in [0.1, 0.15) is 0 Å². The van der Waals surface area contributed by atoms with Crippen molar-refractivity contribution >= 4 is 5.97 Å². The maximum Gasteiger partial charge on any atom is 0.354 e. The van der Waals surface area contributed by atoms with Crippen LogP contribution < -0.4 is 5.73 Å². The molecule has 0 aromatic carbocycles. The van der Waals surface area contributed by atoms with E-state index in [1.54, 1.807) is 18.2 Å². The van der Waals surface area contributed by atoms with Gasteiger partial charge in [-0.05, 0) is 12.5 Å². The van der Waals surface area contributed by atoms with E-state index in [0.717, 1.165) is 0 Å². The van der Waals surface area contributed by atoms with E-state index >= 15 is 0 Å². The van der Waals surface area contributed by atoms with Crippen molar-refractivity contribution in [2.45, 2.75) is 12.5 Å². The molecular weight excluding hydrogens is 180 g/mol. The molecule has 1 atom stereocenters. The number of carboxylic acid groups (broad SMARTS) is 1. The summed E-state index contributed by atoms with van der Waals surface area (Å²) in [6.07, 6.45) is 3.63. The summed E-state index contributed by atoms with van der Waals surface area (Å²) in [6.45, 7) is 3.55. The fourth-order valence-electron chi connectivity index (χ4n) is 1.20. The van der Waals surface area contributed by atoms with Crippen LogP contribution in [0, 0.1) is 0 Å². The summed E-state index contributed by atoms with van der Waals surface area (Å²) in [7, 11) is 0. The van der Waals surface area contributed by atoms with Gasteiger partial charge >= 0.3 is 5.97 Å². The quantitative estimate of drug-likeness (QED) is 0.706. The molecule has 0 bridgehead atoms. The molecule has 3 N–H and O–H groups in total. The van der Waals surface area contributed by atoms with Crippen molar-refractivity contribution in [1.29, 1.82) is 0 Å². The summed E-state index contributed by atoms with van der Waals surface area (Å²) in [6, 6.07) is 2.99. The van der Waals surface area contributed by atoms with Crippen molar-refractivity contribution in [3.63, 3.8) is 0 Å². The highest BCUT2D eigenvalue weighted by Crippen LogP contribution is 2.17. The summed E-state index contributed by atoms with van der Waals surface area (Å²) in [5, 5.41) is 8.84. The second-order valence-electron chi connectivity index (χ2n) is 2.88. The minimum atomic E-state index is -1.06. The molecule has 0 radical (unpaired) electrons. The lowest BCUT2D eigenvalue weighted by atomic mass is 10.0. The average Bonchev–Trinajstić information content (AvgIpc) is 2.18. The number of carboxylic acids is 1. The summed E-state index contributed by atoms with van der Waals surface area (Å²) < 4.78 is 0. The lowest BCUT2D eigenvalue weighted by molar-refractivity contribution is 0.0688. The van der Waals surface area contributed by atoms with E-state index in [4.69, 9.17) is 10.8 Å². The van der Waals surface area contributed by atoms with Gasteiger partial charge in [0.15, 0.2) is 5.69 Å². The first-order chi connectivity index (χ1) is 6.66. The van der Waals surface area contributed by atoms with E-state index in [1.807, 2.05) is 0 Å². The minimum absolute atomic E-state index is 0.0156. The fraction of sp³-hybridized carbons (Fsp3) is 0.200. The number of hydrogen-bond donors (Lipinski definition) is 2. The smallest absolute Gasteiger partial charge is 0.354 e. The van der Waals surface area contributed by atoms with E-state index in [2.05, 4.69) is 11.6 Å². The Kier molecular flexibility index (Phi) is 3.36. The molecule has 0 aliphatic rings. The summed E-state index contributed by atoms with van der Waals surface area (Å²) in [5.41, 5.74) is 6.33. The second kappa shape index (κ2) is 4.53. The molecule has 0 saturated carbocycles. The lowest BCUT2D eigenvalue weighted by Crippen LogP contribution is -2.15. The molecule has 1 aromatic rings. The van der Waals surface area contributed by atoms with E-state index in [9.17, 15) is 4.79 Å². The third-order valence-corrected chi connectivity index (χ3v) is 1.86. The van der Waals surface area contributed by atoms with Crippen molar-refractivity contribution in [2.75, 3.05) is 0 Å². The van der Waals surface area contributed by atoms with Crippen molar-refractivity contribution in [2.24, 2.45) is 5.73 Å². The molecule has 14 heavy (non-hydrogen) atoms. The number of nitrogens with two attached hydrogens (primary N) is 1. The number of nitrogens with zero attached hydrogens (tertiary/aromatic N) is 1. The standard InChI is InChI=1S/C10H12N2O2/c1-2-4-8(11)7-5-3-6-12-9(7)10(13)14/h2-3,5-6,8H,1,4,11H2,(H,13,14)/t8-/m1/s1. The monoisotopic (exact) mass is 192 g/mol. The highest BCUT2D eigenvalue weighted by molar-refractivity contribution is 5.87. The zero-order chi connectivity index (χ0) is 10.6. The summed E-state index contributed by atoms with van der Waals surface area (Å²) in [4.78, 5) is 14.6. The Morgan fingerprint density at radius 3 is 3.07 bits per heavy atom. The van der Waals surface area contributed by atoms with Crippen LogP contribution in [0.1, 0.15) is 28.5 Å². The van der Waals surface area contributed by atoms with E-state index in [0.29, 0.717) is 12.0 Å². The van der Waals surface area contributed by atoms with Crippen LogP contribution in [0.3, 0.4) is 0 Å². The van der Waals surface area contributed by atoms with Crippen LogP contribution in [0.4, 0.5) is 0 Å². The zero-order valence-electron chi connectivity index (χ0n) is 7.68. The SMILES string of the molecule is C=CC[C@@H](N)c1cccnc1C(=O)O. The zero-order valence-corrected chi connectivity index (χ0v) is 7.68. The van der Waals surface area contributed by atoms with Crippen LogP contribution in [0.2, 0.25) is 0 Å². The highest BCUT2D eigenvalue weighted by atomic mass is 16.4. The number of hydrogen-bond acceptors (Lipinski definition) is 3. The minimum Gasteiger partial charge on any atom is -0.477 e. The van der Waals surface area contributed by atoms with Crippen LogP contribution in [0.15, 0.2) is 31.0 Å². The molecule has 0 spiro atoms. The lowest BCUT2D eigenvalue weighted by Gasteiger charge is -2.10. The molecule has 1 heterocycles. The normalized spacial score (nSPS) is 12.1. The largest absolute Gasteiger partial charge is 0.477 e. The van der Waals surface area contributed by atoms with Gasteiger partial charge in [-0.3, -0.25) is 0 Å². The summed E-state index contributed by atoms with van der Waals surface area (Å²) >= 11 is 0. The first-order valence-corrected chi connectivity index (χ1v) is 4.21. The Labute approximate surface area is 82.1 Å². The molecule has 0 amide bonds. The van der Waals surface area contributed by atoms with Gasteiger partial charge in [-0.15, -0.1) is 6.58 Å². The van der Waals surface area contributed by atoms with Crippen molar-refractivity contribution in [3.8, 4) is 0 Å². The molecule has 74 valence electrons.